The lowest BCUT2D eigenvalue weighted by Gasteiger charge is -2.19. The molecule has 0 unspecified atom stereocenters. The molecule has 0 aliphatic rings. The highest BCUT2D eigenvalue weighted by molar-refractivity contribution is 5.96. The Balaban J connectivity index is 2.06. The Labute approximate surface area is 119 Å². The summed E-state index contributed by atoms with van der Waals surface area (Å²) in [5.74, 6) is 0. The first-order valence-corrected chi connectivity index (χ1v) is 6.77. The first kappa shape index (κ1) is 12.5. The van der Waals surface area contributed by atoms with Gasteiger partial charge in [-0.15, -0.1) is 0 Å². The molecule has 0 fully saturated rings. The molecule has 0 saturated carbocycles. The van der Waals surface area contributed by atoms with Crippen LogP contribution in [0.15, 0.2) is 66.7 Å². The molecule has 0 aliphatic heterocycles. The number of nitrogens with one attached hydrogen (secondary N) is 1. The molecular formula is C18H18N2. The molecule has 0 amide bonds. The fraction of sp³-hybridized carbons (Fsp3) is 0.111. The van der Waals surface area contributed by atoms with Gasteiger partial charge in [-0.3, -0.25) is 0 Å². The zero-order chi connectivity index (χ0) is 13.9. The van der Waals surface area contributed by atoms with Crippen LogP contribution in [0.3, 0.4) is 0 Å². The van der Waals surface area contributed by atoms with E-state index in [1.807, 2.05) is 0 Å². The van der Waals surface area contributed by atoms with E-state index < -0.39 is 0 Å². The van der Waals surface area contributed by atoms with E-state index in [2.05, 4.69) is 91.0 Å². The minimum absolute atomic E-state index is 1.12. The molecule has 3 aromatic carbocycles. The van der Waals surface area contributed by atoms with Crippen LogP contribution in [0.1, 0.15) is 0 Å². The van der Waals surface area contributed by atoms with Crippen molar-refractivity contribution >= 4 is 27.8 Å². The molecule has 3 aromatic rings. The molecule has 0 heterocycles. The van der Waals surface area contributed by atoms with Crippen LogP contribution in [0.5, 0.6) is 0 Å². The second-order valence-electron chi connectivity index (χ2n) is 5.06. The predicted octanol–water partition coefficient (Wildman–Crippen LogP) is 4.65. The van der Waals surface area contributed by atoms with Crippen LogP contribution in [-0.4, -0.2) is 14.1 Å². The summed E-state index contributed by atoms with van der Waals surface area (Å²) in [6.45, 7) is 0. The first-order valence-electron chi connectivity index (χ1n) is 6.77. The van der Waals surface area contributed by atoms with Gasteiger partial charge in [0.05, 0.1) is 11.4 Å². The summed E-state index contributed by atoms with van der Waals surface area (Å²) in [6.07, 6.45) is 0. The van der Waals surface area contributed by atoms with E-state index in [0.29, 0.717) is 0 Å². The molecule has 0 saturated heterocycles. The molecule has 2 heteroatoms. The number of benzene rings is 3. The zero-order valence-corrected chi connectivity index (χ0v) is 11.8. The second kappa shape index (κ2) is 5.25. The van der Waals surface area contributed by atoms with Gasteiger partial charge in [-0.2, -0.15) is 0 Å². The highest BCUT2D eigenvalue weighted by Crippen LogP contribution is 2.31. The quantitative estimate of drug-likeness (QED) is 0.739. The standard InChI is InChI=1S/C18H18N2/c1-20(2)18-13-6-5-11-17(18)19-16-12-7-9-14-8-3-4-10-15(14)16/h3-13,19H,1-2H3. The minimum atomic E-state index is 1.12. The number of hydrogen-bond donors (Lipinski definition) is 1. The van der Waals surface area contributed by atoms with Gasteiger partial charge in [-0.25, -0.2) is 0 Å². The van der Waals surface area contributed by atoms with Crippen molar-refractivity contribution in [1.29, 1.82) is 0 Å². The van der Waals surface area contributed by atoms with Gasteiger partial charge in [0.1, 0.15) is 0 Å². The third-order valence-electron chi connectivity index (χ3n) is 3.44. The third kappa shape index (κ3) is 2.32. The molecule has 0 spiro atoms. The average molecular weight is 262 g/mol. The predicted molar refractivity (Wildman–Crippen MR) is 88.0 cm³/mol. The normalized spacial score (nSPS) is 10.5. The SMILES string of the molecule is CN(C)c1ccccc1Nc1cccc2ccccc12. The maximum Gasteiger partial charge on any atom is 0.0622 e. The van der Waals surface area contributed by atoms with Crippen molar-refractivity contribution in [3.8, 4) is 0 Å². The smallest absolute Gasteiger partial charge is 0.0622 e. The molecular weight excluding hydrogens is 244 g/mol. The van der Waals surface area contributed by atoms with Gasteiger partial charge in [0, 0.05) is 25.2 Å². The maximum absolute atomic E-state index is 3.56. The molecule has 1 N–H and O–H groups in total. The van der Waals surface area contributed by atoms with Crippen molar-refractivity contribution in [2.24, 2.45) is 0 Å². The molecule has 0 aliphatic carbocycles. The largest absolute Gasteiger partial charge is 0.376 e. The van der Waals surface area contributed by atoms with Crippen molar-refractivity contribution in [2.45, 2.75) is 0 Å². The molecule has 0 radical (unpaired) electrons. The monoisotopic (exact) mass is 262 g/mol. The summed E-state index contributed by atoms with van der Waals surface area (Å²) < 4.78 is 0. The Hall–Kier alpha value is -2.48. The molecule has 3 rings (SSSR count). The zero-order valence-electron chi connectivity index (χ0n) is 11.8. The lowest BCUT2D eigenvalue weighted by Crippen LogP contribution is -2.10. The van der Waals surface area contributed by atoms with Gasteiger partial charge in [-0.05, 0) is 23.6 Å². The van der Waals surface area contributed by atoms with E-state index in [9.17, 15) is 0 Å². The van der Waals surface area contributed by atoms with Crippen LogP contribution in [0.4, 0.5) is 17.1 Å². The summed E-state index contributed by atoms with van der Waals surface area (Å²) >= 11 is 0. The van der Waals surface area contributed by atoms with Crippen LogP contribution in [0.2, 0.25) is 0 Å². The second-order valence-corrected chi connectivity index (χ2v) is 5.06. The number of hydrogen-bond acceptors (Lipinski definition) is 2. The van der Waals surface area contributed by atoms with Crippen LogP contribution in [0, 0.1) is 0 Å². The minimum Gasteiger partial charge on any atom is -0.376 e. The van der Waals surface area contributed by atoms with Gasteiger partial charge < -0.3 is 10.2 Å². The van der Waals surface area contributed by atoms with Gasteiger partial charge in [0.25, 0.3) is 0 Å². The number of anilines is 3. The highest BCUT2D eigenvalue weighted by Gasteiger charge is 2.05. The van der Waals surface area contributed by atoms with Crippen LogP contribution >= 0.6 is 0 Å². The maximum atomic E-state index is 3.56. The van der Waals surface area contributed by atoms with Gasteiger partial charge in [0.2, 0.25) is 0 Å². The number of para-hydroxylation sites is 2. The van der Waals surface area contributed by atoms with E-state index in [4.69, 9.17) is 0 Å². The van der Waals surface area contributed by atoms with Crippen molar-refractivity contribution in [3.05, 3.63) is 66.7 Å². The fourth-order valence-electron chi connectivity index (χ4n) is 2.45. The summed E-state index contributed by atoms with van der Waals surface area (Å²) in [5.41, 5.74) is 3.44. The summed E-state index contributed by atoms with van der Waals surface area (Å²) in [7, 11) is 4.12. The van der Waals surface area contributed by atoms with Crippen LogP contribution < -0.4 is 10.2 Å². The Kier molecular flexibility index (Phi) is 3.30. The van der Waals surface area contributed by atoms with Gasteiger partial charge >= 0.3 is 0 Å². The lowest BCUT2D eigenvalue weighted by atomic mass is 10.1. The first-order chi connectivity index (χ1) is 9.75. The summed E-state index contributed by atoms with van der Waals surface area (Å²) in [5, 5.41) is 6.04. The fourth-order valence-corrected chi connectivity index (χ4v) is 2.45. The van der Waals surface area contributed by atoms with E-state index in [1.165, 1.54) is 16.5 Å². The number of nitrogens with zero attached hydrogens (tertiary/aromatic N) is 1. The van der Waals surface area contributed by atoms with Crippen LogP contribution in [-0.2, 0) is 0 Å². The Morgan fingerprint density at radius 3 is 2.20 bits per heavy atom. The Morgan fingerprint density at radius 1 is 0.700 bits per heavy atom. The van der Waals surface area contributed by atoms with Crippen molar-refractivity contribution in [2.75, 3.05) is 24.3 Å². The van der Waals surface area contributed by atoms with Crippen molar-refractivity contribution in [1.82, 2.24) is 0 Å². The Bertz CT molecular complexity index is 727. The Morgan fingerprint density at radius 2 is 1.35 bits per heavy atom. The van der Waals surface area contributed by atoms with Gasteiger partial charge in [0.15, 0.2) is 0 Å². The molecule has 0 aromatic heterocycles. The molecule has 0 atom stereocenters. The number of rotatable bonds is 3. The van der Waals surface area contributed by atoms with Crippen molar-refractivity contribution in [3.63, 3.8) is 0 Å². The molecule has 2 nitrogen and oxygen atoms in total. The van der Waals surface area contributed by atoms with E-state index >= 15 is 0 Å². The third-order valence-corrected chi connectivity index (χ3v) is 3.44. The van der Waals surface area contributed by atoms with Gasteiger partial charge in [-0.1, -0.05) is 48.5 Å². The van der Waals surface area contributed by atoms with E-state index in [1.54, 1.807) is 0 Å². The van der Waals surface area contributed by atoms with E-state index in [0.717, 1.165) is 11.4 Å². The molecule has 20 heavy (non-hydrogen) atoms. The topological polar surface area (TPSA) is 15.3 Å². The van der Waals surface area contributed by atoms with Crippen molar-refractivity contribution < 1.29 is 0 Å². The summed E-state index contributed by atoms with van der Waals surface area (Å²) in [4.78, 5) is 2.12. The average Bonchev–Trinajstić information content (AvgIpc) is 2.48. The highest BCUT2D eigenvalue weighted by atomic mass is 15.1. The van der Waals surface area contributed by atoms with E-state index in [-0.39, 0.29) is 0 Å². The summed E-state index contributed by atoms with van der Waals surface area (Å²) in [6, 6.07) is 23.1. The lowest BCUT2D eigenvalue weighted by molar-refractivity contribution is 1.13. The molecule has 0 bridgehead atoms. The van der Waals surface area contributed by atoms with Crippen LogP contribution in [0.25, 0.3) is 10.8 Å². The number of fused-ring (bicyclic) bond motifs is 1. The molecule has 100 valence electrons.